The second kappa shape index (κ2) is 1.98. The fourth-order valence-corrected chi connectivity index (χ4v) is 1.68. The monoisotopic (exact) mass is 152 g/mol. The van der Waals surface area contributed by atoms with Gasteiger partial charge in [-0.3, -0.25) is 0 Å². The molecule has 0 heteroatoms. The van der Waals surface area contributed by atoms with Crippen LogP contribution in [0.1, 0.15) is 11.1 Å². The Bertz CT molecular complexity index is 438. The van der Waals surface area contributed by atoms with Crippen LogP contribution in [0.5, 0.6) is 0 Å². The molecule has 0 aromatic heterocycles. The maximum absolute atomic E-state index is 2.22. The lowest BCUT2D eigenvalue weighted by Crippen LogP contribution is -1.73. The zero-order chi connectivity index (χ0) is 7.97. The van der Waals surface area contributed by atoms with Crippen molar-refractivity contribution in [3.05, 3.63) is 47.5 Å². The van der Waals surface area contributed by atoms with Crippen molar-refractivity contribution in [2.75, 3.05) is 0 Å². The Balaban J connectivity index is 2.62. The average molecular weight is 152 g/mol. The average Bonchev–Trinajstić information content (AvgIpc) is 2.21. The molecule has 0 unspecified atom stereocenters. The van der Waals surface area contributed by atoms with Gasteiger partial charge in [-0.2, -0.15) is 0 Å². The molecule has 0 spiro atoms. The quantitative estimate of drug-likeness (QED) is 0.463. The third-order valence-corrected chi connectivity index (χ3v) is 2.36. The molecule has 0 saturated heterocycles. The molecule has 0 atom stereocenters. The minimum Gasteiger partial charge on any atom is -0.0544 e. The lowest BCUT2D eigenvalue weighted by Gasteiger charge is -1.96. The fourth-order valence-electron chi connectivity index (χ4n) is 1.68. The zero-order valence-electron chi connectivity index (χ0n) is 6.62. The normalized spacial score (nSPS) is 12.7. The summed E-state index contributed by atoms with van der Waals surface area (Å²) in [7, 11) is 0. The van der Waals surface area contributed by atoms with E-state index >= 15 is 0 Å². The van der Waals surface area contributed by atoms with Gasteiger partial charge in [0.2, 0.25) is 0 Å². The van der Waals surface area contributed by atoms with Crippen LogP contribution < -0.4 is 0 Å². The predicted molar refractivity (Wildman–Crippen MR) is 52.9 cm³/mol. The predicted octanol–water partition coefficient (Wildman–Crippen LogP) is 3.32. The molecular formula is C12H8. The van der Waals surface area contributed by atoms with E-state index in [1.54, 1.807) is 0 Å². The Morgan fingerprint density at radius 2 is 1.17 bits per heavy atom. The second-order valence-corrected chi connectivity index (χ2v) is 3.20. The van der Waals surface area contributed by atoms with Crippen LogP contribution in [0.25, 0.3) is 22.9 Å². The van der Waals surface area contributed by atoms with Gasteiger partial charge in [-0.1, -0.05) is 36.4 Å². The highest BCUT2D eigenvalue weighted by Gasteiger charge is 1.98. The first-order valence-electron chi connectivity index (χ1n) is 4.14. The molecule has 0 heterocycles. The van der Waals surface area contributed by atoms with Gasteiger partial charge in [-0.05, 0) is 34.0 Å². The number of benzene rings is 2. The topological polar surface area (TPSA) is 0 Å². The van der Waals surface area contributed by atoms with Gasteiger partial charge in [0.05, 0.1) is 0 Å². The van der Waals surface area contributed by atoms with Crippen LogP contribution in [0.2, 0.25) is 0 Å². The molecule has 0 nitrogen and oxygen atoms in total. The SMILES string of the molecule is C1=Cc2ccc3ccc1cc3c2. The van der Waals surface area contributed by atoms with Crippen molar-refractivity contribution in [1.82, 2.24) is 0 Å². The van der Waals surface area contributed by atoms with E-state index in [2.05, 4.69) is 48.6 Å². The Kier molecular flexibility index (Phi) is 0.991. The first kappa shape index (κ1) is 6.01. The Morgan fingerprint density at radius 3 is 1.75 bits per heavy atom. The van der Waals surface area contributed by atoms with Gasteiger partial charge >= 0.3 is 0 Å². The summed E-state index contributed by atoms with van der Waals surface area (Å²) in [6.07, 6.45) is 4.31. The van der Waals surface area contributed by atoms with Crippen LogP contribution in [0.4, 0.5) is 0 Å². The van der Waals surface area contributed by atoms with E-state index in [0.29, 0.717) is 0 Å². The van der Waals surface area contributed by atoms with E-state index in [1.807, 2.05) is 0 Å². The Hall–Kier alpha value is -1.56. The molecule has 2 aromatic rings. The molecule has 2 aromatic carbocycles. The number of fused-ring (bicyclic) bond motifs is 2. The fraction of sp³-hybridized carbons (Fsp3) is 0. The van der Waals surface area contributed by atoms with E-state index in [0.717, 1.165) is 0 Å². The summed E-state index contributed by atoms with van der Waals surface area (Å²) in [4.78, 5) is 0. The van der Waals surface area contributed by atoms with Crippen molar-refractivity contribution >= 4 is 22.9 Å². The second-order valence-electron chi connectivity index (χ2n) is 3.20. The molecule has 0 amide bonds. The van der Waals surface area contributed by atoms with E-state index in [4.69, 9.17) is 0 Å². The number of rotatable bonds is 0. The van der Waals surface area contributed by atoms with Crippen LogP contribution in [0.3, 0.4) is 0 Å². The molecule has 0 radical (unpaired) electrons. The first-order chi connectivity index (χ1) is 5.92. The summed E-state index contributed by atoms with van der Waals surface area (Å²) >= 11 is 0. The minimum atomic E-state index is 1.30. The summed E-state index contributed by atoms with van der Waals surface area (Å²) in [6, 6.07) is 13.1. The molecule has 0 N–H and O–H groups in total. The first-order valence-corrected chi connectivity index (χ1v) is 4.14. The molecule has 0 aliphatic heterocycles. The van der Waals surface area contributed by atoms with Crippen LogP contribution in [0, 0.1) is 0 Å². The van der Waals surface area contributed by atoms with Crippen LogP contribution in [0.15, 0.2) is 36.4 Å². The highest BCUT2D eigenvalue weighted by atomic mass is 14.0. The molecule has 0 fully saturated rings. The molecule has 3 rings (SSSR count). The molecule has 1 aliphatic carbocycles. The van der Waals surface area contributed by atoms with Crippen molar-refractivity contribution in [1.29, 1.82) is 0 Å². The molecule has 12 heavy (non-hydrogen) atoms. The largest absolute Gasteiger partial charge is 0.0544 e. The van der Waals surface area contributed by atoms with Crippen molar-refractivity contribution in [3.8, 4) is 0 Å². The molecular weight excluding hydrogens is 144 g/mol. The van der Waals surface area contributed by atoms with Crippen molar-refractivity contribution in [2.45, 2.75) is 0 Å². The summed E-state index contributed by atoms with van der Waals surface area (Å²) in [5.41, 5.74) is 2.59. The maximum Gasteiger partial charge on any atom is -0.0172 e. The molecule has 56 valence electrons. The lowest BCUT2D eigenvalue weighted by molar-refractivity contribution is 1.72. The Morgan fingerprint density at radius 1 is 0.583 bits per heavy atom. The van der Waals surface area contributed by atoms with Gasteiger partial charge in [0, 0.05) is 0 Å². The number of hydrogen-bond acceptors (Lipinski definition) is 0. The highest BCUT2D eigenvalue weighted by Crippen LogP contribution is 2.23. The Labute approximate surface area is 71.1 Å². The lowest BCUT2D eigenvalue weighted by atomic mass is 10.1. The van der Waals surface area contributed by atoms with E-state index in [1.165, 1.54) is 21.9 Å². The van der Waals surface area contributed by atoms with Crippen molar-refractivity contribution < 1.29 is 0 Å². The summed E-state index contributed by atoms with van der Waals surface area (Å²) in [6.45, 7) is 0. The van der Waals surface area contributed by atoms with Gasteiger partial charge in [0.25, 0.3) is 0 Å². The molecule has 3 bridgehead atoms. The van der Waals surface area contributed by atoms with E-state index in [-0.39, 0.29) is 0 Å². The van der Waals surface area contributed by atoms with Gasteiger partial charge < -0.3 is 0 Å². The maximum atomic E-state index is 2.22. The summed E-state index contributed by atoms with van der Waals surface area (Å²) < 4.78 is 0. The summed E-state index contributed by atoms with van der Waals surface area (Å²) in [5.74, 6) is 0. The van der Waals surface area contributed by atoms with E-state index < -0.39 is 0 Å². The molecule has 0 saturated carbocycles. The molecule has 1 aliphatic rings. The highest BCUT2D eigenvalue weighted by molar-refractivity contribution is 5.90. The van der Waals surface area contributed by atoms with Gasteiger partial charge in [0.15, 0.2) is 0 Å². The van der Waals surface area contributed by atoms with Crippen LogP contribution >= 0.6 is 0 Å². The van der Waals surface area contributed by atoms with Gasteiger partial charge in [-0.25, -0.2) is 0 Å². The van der Waals surface area contributed by atoms with Crippen LogP contribution in [-0.4, -0.2) is 0 Å². The van der Waals surface area contributed by atoms with Gasteiger partial charge in [0.1, 0.15) is 0 Å². The zero-order valence-corrected chi connectivity index (χ0v) is 6.62. The minimum absolute atomic E-state index is 1.30. The van der Waals surface area contributed by atoms with E-state index in [9.17, 15) is 0 Å². The van der Waals surface area contributed by atoms with Crippen molar-refractivity contribution in [3.63, 3.8) is 0 Å². The van der Waals surface area contributed by atoms with Gasteiger partial charge in [-0.15, -0.1) is 0 Å². The third kappa shape index (κ3) is 0.722. The number of hydrogen-bond donors (Lipinski definition) is 0. The summed E-state index contributed by atoms with van der Waals surface area (Å²) in [5, 5.41) is 2.67. The third-order valence-electron chi connectivity index (χ3n) is 2.36. The standard InChI is InChI=1S/C12H8/c1-2-10-4-6-11-5-3-9(1)7-12(11)8-10/h1-8H. The van der Waals surface area contributed by atoms with Crippen LogP contribution in [-0.2, 0) is 0 Å². The van der Waals surface area contributed by atoms with Crippen molar-refractivity contribution in [2.24, 2.45) is 0 Å². The smallest absolute Gasteiger partial charge is 0.0172 e.